The first-order valence-corrected chi connectivity index (χ1v) is 12.6. The Bertz CT molecular complexity index is 979. The zero-order chi connectivity index (χ0) is 23.0. The summed E-state index contributed by atoms with van der Waals surface area (Å²) in [5.41, 5.74) is 5.24. The molecule has 3 rings (SSSR count). The van der Waals surface area contributed by atoms with Crippen LogP contribution in [0.15, 0.2) is 21.3 Å². The van der Waals surface area contributed by atoms with Gasteiger partial charge in [-0.05, 0) is 49.5 Å². The first-order valence-electron chi connectivity index (χ1n) is 10.3. The second-order valence-corrected chi connectivity index (χ2v) is 11.5. The van der Waals surface area contributed by atoms with E-state index in [2.05, 4.69) is 4.99 Å². The fraction of sp³-hybridized carbons (Fsp3) is 0.650. The van der Waals surface area contributed by atoms with Gasteiger partial charge in [0, 0.05) is 19.6 Å². The number of hydrogen-bond acceptors (Lipinski definition) is 8. The average Bonchev–Trinajstić information content (AvgIpc) is 3.27. The van der Waals surface area contributed by atoms with Crippen LogP contribution in [-0.2, 0) is 19.6 Å². The molecule has 0 aromatic carbocycles. The minimum absolute atomic E-state index is 0.0154. The molecular weight excluding hydrogens is 440 g/mol. The zero-order valence-corrected chi connectivity index (χ0v) is 20.0. The van der Waals surface area contributed by atoms with Crippen molar-refractivity contribution in [3.05, 3.63) is 16.3 Å². The molecule has 11 heteroatoms. The minimum Gasteiger partial charge on any atom is -0.465 e. The Balaban J connectivity index is 1.64. The Hall–Kier alpha value is -1.98. The summed E-state index contributed by atoms with van der Waals surface area (Å²) in [6, 6.07) is 1.44. The van der Waals surface area contributed by atoms with Gasteiger partial charge in [0.15, 0.2) is 5.96 Å². The van der Waals surface area contributed by atoms with Crippen LogP contribution in [0.4, 0.5) is 0 Å². The minimum atomic E-state index is -3.79. The van der Waals surface area contributed by atoms with Crippen molar-refractivity contribution >= 4 is 39.2 Å². The fourth-order valence-electron chi connectivity index (χ4n) is 4.33. The molecule has 1 amide bonds. The highest BCUT2D eigenvalue weighted by Gasteiger charge is 2.45. The lowest BCUT2D eigenvalue weighted by Crippen LogP contribution is -2.47. The maximum atomic E-state index is 13.1. The van der Waals surface area contributed by atoms with Gasteiger partial charge in [0.1, 0.15) is 15.3 Å². The molecule has 0 radical (unpaired) electrons. The van der Waals surface area contributed by atoms with Crippen molar-refractivity contribution in [2.24, 2.45) is 22.6 Å². The molecule has 3 heterocycles. The van der Waals surface area contributed by atoms with Gasteiger partial charge in [0.2, 0.25) is 10.0 Å². The predicted molar refractivity (Wildman–Crippen MR) is 118 cm³/mol. The Labute approximate surface area is 187 Å². The number of nitrogens with two attached hydrogens (primary N) is 1. The lowest BCUT2D eigenvalue weighted by molar-refractivity contribution is -0.131. The summed E-state index contributed by atoms with van der Waals surface area (Å²) < 4.78 is 32.2. The molecule has 31 heavy (non-hydrogen) atoms. The van der Waals surface area contributed by atoms with E-state index in [0.29, 0.717) is 44.8 Å². The number of hydrogen-bond donors (Lipinski definition) is 1. The van der Waals surface area contributed by atoms with Gasteiger partial charge in [-0.15, -0.1) is 11.3 Å². The summed E-state index contributed by atoms with van der Waals surface area (Å²) in [7, 11) is -2.57. The van der Waals surface area contributed by atoms with E-state index in [-0.39, 0.29) is 27.6 Å². The second-order valence-electron chi connectivity index (χ2n) is 8.71. The van der Waals surface area contributed by atoms with Gasteiger partial charge < -0.3 is 10.5 Å². The highest BCUT2D eigenvalue weighted by molar-refractivity contribution is 7.89. The number of esters is 1. The maximum Gasteiger partial charge on any atom is 0.349 e. The molecule has 1 unspecified atom stereocenters. The molecule has 0 aliphatic carbocycles. The molecule has 1 atom stereocenters. The third-order valence-electron chi connectivity index (χ3n) is 5.78. The van der Waals surface area contributed by atoms with Gasteiger partial charge in [0.05, 0.1) is 7.11 Å². The zero-order valence-electron chi connectivity index (χ0n) is 18.3. The molecule has 0 spiro atoms. The number of carbonyl (C=O) groups excluding carboxylic acids is 2. The highest BCUT2D eigenvalue weighted by Crippen LogP contribution is 2.32. The van der Waals surface area contributed by atoms with Crippen LogP contribution in [0.25, 0.3) is 0 Å². The summed E-state index contributed by atoms with van der Waals surface area (Å²) in [4.78, 5) is 30.9. The van der Waals surface area contributed by atoms with Crippen LogP contribution >= 0.6 is 11.3 Å². The lowest BCUT2D eigenvalue weighted by Gasteiger charge is -2.33. The number of thiophene rings is 1. The summed E-state index contributed by atoms with van der Waals surface area (Å²) in [5, 5.41) is 1.57. The third-order valence-corrected chi connectivity index (χ3v) is 8.75. The number of ether oxygens (including phenoxy) is 1. The first kappa shape index (κ1) is 23.7. The molecule has 1 saturated heterocycles. The van der Waals surface area contributed by atoms with Crippen LogP contribution in [0.2, 0.25) is 0 Å². The molecule has 2 aliphatic rings. The molecular formula is C20H30N4O5S2. The maximum absolute atomic E-state index is 13.1. The number of carbonyl (C=O) groups is 2. The number of guanidine groups is 1. The van der Waals surface area contributed by atoms with Crippen molar-refractivity contribution in [2.45, 2.75) is 50.5 Å². The van der Waals surface area contributed by atoms with Crippen LogP contribution < -0.4 is 5.73 Å². The standard InChI is InChI=1S/C20H30N4O5S2/c1-13(2)11-20(3)18(26)24(19(21)22-20)12-14-5-8-23(9-6-14)31(27,28)15-7-10-30-16(15)17(25)29-4/h7,10,13-14H,5-6,8-9,11-12H2,1-4H3,(H2,21,22). The number of amides is 1. The van der Waals surface area contributed by atoms with Gasteiger partial charge in [-0.1, -0.05) is 13.8 Å². The van der Waals surface area contributed by atoms with Gasteiger partial charge in [-0.2, -0.15) is 4.31 Å². The Morgan fingerprint density at radius 2 is 2.03 bits per heavy atom. The number of nitrogens with zero attached hydrogens (tertiary/aromatic N) is 3. The third kappa shape index (κ3) is 4.63. The van der Waals surface area contributed by atoms with E-state index < -0.39 is 21.5 Å². The normalized spacial score (nSPS) is 23.5. The topological polar surface area (TPSA) is 122 Å². The van der Waals surface area contributed by atoms with Gasteiger partial charge in [-0.25, -0.2) is 18.2 Å². The van der Waals surface area contributed by atoms with E-state index >= 15 is 0 Å². The predicted octanol–water partition coefficient (Wildman–Crippen LogP) is 1.90. The average molecular weight is 471 g/mol. The number of sulfonamides is 1. The van der Waals surface area contributed by atoms with E-state index in [1.807, 2.05) is 20.8 Å². The molecule has 1 aromatic rings. The van der Waals surface area contributed by atoms with Crippen LogP contribution in [-0.4, -0.2) is 67.7 Å². The van der Waals surface area contributed by atoms with Crippen LogP contribution in [0.5, 0.6) is 0 Å². The molecule has 1 aromatic heterocycles. The van der Waals surface area contributed by atoms with E-state index in [0.717, 1.165) is 11.3 Å². The molecule has 2 N–H and O–H groups in total. The Kier molecular flexibility index (Phi) is 6.78. The van der Waals surface area contributed by atoms with Gasteiger partial charge >= 0.3 is 5.97 Å². The van der Waals surface area contributed by atoms with Crippen molar-refractivity contribution in [3.8, 4) is 0 Å². The van der Waals surface area contributed by atoms with Crippen LogP contribution in [0.3, 0.4) is 0 Å². The SMILES string of the molecule is COC(=O)c1sccc1S(=O)(=O)N1CCC(CN2C(=O)C(C)(CC(C)C)N=C2N)CC1. The summed E-state index contributed by atoms with van der Waals surface area (Å²) >= 11 is 1.05. The molecule has 2 aliphatic heterocycles. The molecule has 9 nitrogen and oxygen atoms in total. The van der Waals surface area contributed by atoms with Crippen molar-refractivity contribution in [2.75, 3.05) is 26.7 Å². The first-order chi connectivity index (χ1) is 14.5. The second kappa shape index (κ2) is 8.87. The van der Waals surface area contributed by atoms with E-state index in [4.69, 9.17) is 10.5 Å². The van der Waals surface area contributed by atoms with Gasteiger partial charge in [0.25, 0.3) is 5.91 Å². The number of methoxy groups -OCH3 is 1. The summed E-state index contributed by atoms with van der Waals surface area (Å²) in [6.45, 7) is 6.96. The van der Waals surface area contributed by atoms with Crippen LogP contribution in [0.1, 0.15) is 49.7 Å². The Morgan fingerprint density at radius 1 is 1.39 bits per heavy atom. The monoisotopic (exact) mass is 470 g/mol. The van der Waals surface area contributed by atoms with E-state index in [1.54, 1.807) is 10.3 Å². The number of piperidine rings is 1. The molecule has 0 saturated carbocycles. The number of aliphatic imine (C=N–C) groups is 1. The van der Waals surface area contributed by atoms with Crippen LogP contribution in [0, 0.1) is 11.8 Å². The highest BCUT2D eigenvalue weighted by atomic mass is 32.2. The fourth-order valence-corrected chi connectivity index (χ4v) is 7.11. The van der Waals surface area contributed by atoms with E-state index in [9.17, 15) is 18.0 Å². The quantitative estimate of drug-likeness (QED) is 0.607. The molecule has 172 valence electrons. The largest absolute Gasteiger partial charge is 0.465 e. The van der Waals surface area contributed by atoms with Crippen molar-refractivity contribution in [1.29, 1.82) is 0 Å². The summed E-state index contributed by atoms with van der Waals surface area (Å²) in [6.07, 6.45) is 1.81. The Morgan fingerprint density at radius 3 is 2.61 bits per heavy atom. The lowest BCUT2D eigenvalue weighted by atomic mass is 9.90. The van der Waals surface area contributed by atoms with E-state index in [1.165, 1.54) is 17.5 Å². The molecule has 1 fully saturated rings. The molecule has 0 bridgehead atoms. The van der Waals surface area contributed by atoms with Gasteiger partial charge in [-0.3, -0.25) is 9.69 Å². The van der Waals surface area contributed by atoms with Crippen molar-refractivity contribution in [3.63, 3.8) is 0 Å². The van der Waals surface area contributed by atoms with Crippen molar-refractivity contribution < 1.29 is 22.7 Å². The number of rotatable bonds is 7. The summed E-state index contributed by atoms with van der Waals surface area (Å²) in [5.74, 6) is -0.0758. The van der Waals surface area contributed by atoms with Crippen molar-refractivity contribution in [1.82, 2.24) is 9.21 Å². The smallest absolute Gasteiger partial charge is 0.349 e.